The number of rotatable bonds is 2. The fraction of sp³-hybridized carbons (Fsp3) is 0.538. The quantitative estimate of drug-likeness (QED) is 0.663. The highest BCUT2D eigenvalue weighted by molar-refractivity contribution is 6.33. The van der Waals surface area contributed by atoms with E-state index in [9.17, 15) is 4.79 Å². The molecule has 0 aliphatic heterocycles. The number of carbonyl (C=O) groups excluding carboxylic acids is 1. The minimum absolute atomic E-state index is 0.117. The van der Waals surface area contributed by atoms with Crippen molar-refractivity contribution >= 4 is 29.1 Å². The number of pyridine rings is 1. The van der Waals surface area contributed by atoms with Gasteiger partial charge in [0.15, 0.2) is 0 Å². The SMILES string of the molecule is O=C(NC1CCCCCC1)c1cc(Cl)nc(Cl)c1. The zero-order chi connectivity index (χ0) is 13.0. The minimum Gasteiger partial charge on any atom is -0.349 e. The lowest BCUT2D eigenvalue weighted by Crippen LogP contribution is -2.34. The first-order chi connectivity index (χ1) is 8.65. The normalized spacial score (nSPS) is 17.2. The second-order valence-corrected chi connectivity index (χ2v) is 5.44. The van der Waals surface area contributed by atoms with Crippen LogP contribution in [0.4, 0.5) is 0 Å². The maximum atomic E-state index is 12.1. The average molecular weight is 287 g/mol. The van der Waals surface area contributed by atoms with E-state index in [0.717, 1.165) is 12.8 Å². The summed E-state index contributed by atoms with van der Waals surface area (Å²) < 4.78 is 0. The third kappa shape index (κ3) is 3.85. The highest BCUT2D eigenvalue weighted by atomic mass is 35.5. The molecule has 2 rings (SSSR count). The van der Waals surface area contributed by atoms with Gasteiger partial charge >= 0.3 is 0 Å². The van der Waals surface area contributed by atoms with Crippen molar-refractivity contribution in [1.29, 1.82) is 0 Å². The van der Waals surface area contributed by atoms with Gasteiger partial charge in [0.25, 0.3) is 5.91 Å². The Hall–Kier alpha value is -0.800. The molecule has 0 spiro atoms. The molecule has 18 heavy (non-hydrogen) atoms. The van der Waals surface area contributed by atoms with Crippen LogP contribution in [0.1, 0.15) is 48.9 Å². The Labute approximate surface area is 117 Å². The smallest absolute Gasteiger partial charge is 0.251 e. The summed E-state index contributed by atoms with van der Waals surface area (Å²) in [5.74, 6) is -0.117. The van der Waals surface area contributed by atoms with Gasteiger partial charge in [0.1, 0.15) is 10.3 Å². The third-order valence-corrected chi connectivity index (χ3v) is 3.60. The van der Waals surface area contributed by atoms with Crippen molar-refractivity contribution in [2.75, 3.05) is 0 Å². The number of nitrogens with zero attached hydrogens (tertiary/aromatic N) is 1. The van der Waals surface area contributed by atoms with E-state index in [1.165, 1.54) is 25.7 Å². The van der Waals surface area contributed by atoms with E-state index >= 15 is 0 Å². The van der Waals surface area contributed by atoms with Gasteiger partial charge in [-0.05, 0) is 25.0 Å². The Bertz CT molecular complexity index is 409. The minimum atomic E-state index is -0.117. The number of aromatic nitrogens is 1. The standard InChI is InChI=1S/C13H16Cl2N2O/c14-11-7-9(8-12(15)17-11)13(18)16-10-5-3-1-2-4-6-10/h7-8,10H,1-6H2,(H,16,18). The van der Waals surface area contributed by atoms with Crippen LogP contribution in [0.3, 0.4) is 0 Å². The van der Waals surface area contributed by atoms with Crippen LogP contribution >= 0.6 is 23.2 Å². The van der Waals surface area contributed by atoms with Crippen molar-refractivity contribution in [2.24, 2.45) is 0 Å². The lowest BCUT2D eigenvalue weighted by Gasteiger charge is -2.16. The molecule has 3 nitrogen and oxygen atoms in total. The molecule has 98 valence electrons. The van der Waals surface area contributed by atoms with Gasteiger partial charge in [-0.1, -0.05) is 48.9 Å². The summed E-state index contributed by atoms with van der Waals surface area (Å²) in [6.45, 7) is 0. The Kier molecular flexibility index (Phi) is 4.84. The topological polar surface area (TPSA) is 42.0 Å². The van der Waals surface area contributed by atoms with E-state index in [2.05, 4.69) is 10.3 Å². The van der Waals surface area contributed by atoms with Gasteiger partial charge < -0.3 is 5.32 Å². The van der Waals surface area contributed by atoms with Crippen LogP contribution in [-0.2, 0) is 0 Å². The van der Waals surface area contributed by atoms with Crippen molar-refractivity contribution in [3.8, 4) is 0 Å². The van der Waals surface area contributed by atoms with Gasteiger partial charge in [-0.15, -0.1) is 0 Å². The van der Waals surface area contributed by atoms with Crippen LogP contribution in [0, 0.1) is 0 Å². The van der Waals surface area contributed by atoms with Gasteiger partial charge in [0.05, 0.1) is 0 Å². The summed E-state index contributed by atoms with van der Waals surface area (Å²) in [5.41, 5.74) is 0.476. The fourth-order valence-corrected chi connectivity index (χ4v) is 2.75. The second-order valence-electron chi connectivity index (χ2n) is 4.66. The first-order valence-electron chi connectivity index (χ1n) is 6.29. The van der Waals surface area contributed by atoms with Gasteiger partial charge in [-0.3, -0.25) is 4.79 Å². The molecule has 0 unspecified atom stereocenters. The molecule has 1 aliphatic rings. The molecule has 1 fully saturated rings. The number of hydrogen-bond donors (Lipinski definition) is 1. The molecule has 0 bridgehead atoms. The highest BCUT2D eigenvalue weighted by Crippen LogP contribution is 2.19. The summed E-state index contributed by atoms with van der Waals surface area (Å²) >= 11 is 11.6. The fourth-order valence-electron chi connectivity index (χ4n) is 2.29. The van der Waals surface area contributed by atoms with Gasteiger partial charge in [0, 0.05) is 11.6 Å². The van der Waals surface area contributed by atoms with Crippen molar-refractivity contribution in [1.82, 2.24) is 10.3 Å². The van der Waals surface area contributed by atoms with Crippen LogP contribution in [0.2, 0.25) is 10.3 Å². The summed E-state index contributed by atoms with van der Waals surface area (Å²) in [5, 5.41) is 3.53. The van der Waals surface area contributed by atoms with Gasteiger partial charge in [-0.2, -0.15) is 0 Å². The largest absolute Gasteiger partial charge is 0.349 e. The van der Waals surface area contributed by atoms with Crippen molar-refractivity contribution in [3.63, 3.8) is 0 Å². The molecule has 0 radical (unpaired) electrons. The first-order valence-corrected chi connectivity index (χ1v) is 7.05. The van der Waals surface area contributed by atoms with Crippen LogP contribution < -0.4 is 5.32 Å². The summed E-state index contributed by atoms with van der Waals surface area (Å²) in [4.78, 5) is 15.9. The summed E-state index contributed by atoms with van der Waals surface area (Å²) in [6, 6.07) is 3.35. The van der Waals surface area contributed by atoms with E-state index < -0.39 is 0 Å². The lowest BCUT2D eigenvalue weighted by atomic mass is 10.1. The van der Waals surface area contributed by atoms with Crippen LogP contribution in [0.5, 0.6) is 0 Å². The van der Waals surface area contributed by atoms with Crippen LogP contribution in [0.25, 0.3) is 0 Å². The second kappa shape index (κ2) is 6.39. The predicted octanol–water partition coefficient (Wildman–Crippen LogP) is 3.84. The Morgan fingerprint density at radius 1 is 1.11 bits per heavy atom. The first kappa shape index (κ1) is 13.6. The van der Waals surface area contributed by atoms with Crippen LogP contribution in [0.15, 0.2) is 12.1 Å². The number of halogens is 2. The Balaban J connectivity index is 2.01. The number of nitrogens with one attached hydrogen (secondary N) is 1. The molecule has 5 heteroatoms. The maximum Gasteiger partial charge on any atom is 0.251 e. The van der Waals surface area contributed by atoms with E-state index in [-0.39, 0.29) is 22.3 Å². The van der Waals surface area contributed by atoms with Crippen molar-refractivity contribution in [2.45, 2.75) is 44.6 Å². The molecule has 0 saturated heterocycles. The summed E-state index contributed by atoms with van der Waals surface area (Å²) in [7, 11) is 0. The zero-order valence-electron chi connectivity index (χ0n) is 10.1. The number of hydrogen-bond acceptors (Lipinski definition) is 2. The molecular weight excluding hydrogens is 271 g/mol. The molecule has 0 atom stereocenters. The monoisotopic (exact) mass is 286 g/mol. The molecule has 1 saturated carbocycles. The molecule has 0 aromatic carbocycles. The van der Waals surface area contributed by atoms with Crippen molar-refractivity contribution in [3.05, 3.63) is 28.0 Å². The third-order valence-electron chi connectivity index (χ3n) is 3.22. The molecule has 1 aromatic rings. The summed E-state index contributed by atoms with van der Waals surface area (Å²) in [6.07, 6.45) is 7.00. The molecule has 1 aromatic heterocycles. The zero-order valence-corrected chi connectivity index (χ0v) is 11.6. The number of amides is 1. The number of carbonyl (C=O) groups is 1. The van der Waals surface area contributed by atoms with E-state index in [1.54, 1.807) is 12.1 Å². The van der Waals surface area contributed by atoms with E-state index in [4.69, 9.17) is 23.2 Å². The van der Waals surface area contributed by atoms with Crippen molar-refractivity contribution < 1.29 is 4.79 Å². The van der Waals surface area contributed by atoms with E-state index in [0.29, 0.717) is 5.56 Å². The average Bonchev–Trinajstić information content (AvgIpc) is 2.56. The molecule has 1 heterocycles. The Morgan fingerprint density at radius 2 is 1.67 bits per heavy atom. The molecule has 1 amide bonds. The lowest BCUT2D eigenvalue weighted by molar-refractivity contribution is 0.0933. The van der Waals surface area contributed by atoms with Gasteiger partial charge in [0.2, 0.25) is 0 Å². The van der Waals surface area contributed by atoms with Crippen LogP contribution in [-0.4, -0.2) is 16.9 Å². The van der Waals surface area contributed by atoms with Gasteiger partial charge in [-0.25, -0.2) is 4.98 Å². The highest BCUT2D eigenvalue weighted by Gasteiger charge is 2.16. The Morgan fingerprint density at radius 3 is 2.22 bits per heavy atom. The maximum absolute atomic E-state index is 12.1. The predicted molar refractivity (Wildman–Crippen MR) is 73.2 cm³/mol. The van der Waals surface area contributed by atoms with E-state index in [1.807, 2.05) is 0 Å². The molecule has 1 N–H and O–H groups in total. The molecule has 1 aliphatic carbocycles. The molecular formula is C13H16Cl2N2O.